The fourth-order valence-electron chi connectivity index (χ4n) is 2.53. The third kappa shape index (κ3) is 2.85. The van der Waals surface area contributed by atoms with Gasteiger partial charge in [-0.25, -0.2) is 4.98 Å². The molecule has 0 atom stereocenters. The zero-order chi connectivity index (χ0) is 15.7. The van der Waals surface area contributed by atoms with E-state index in [0.717, 1.165) is 29.0 Å². The van der Waals surface area contributed by atoms with Gasteiger partial charge >= 0.3 is 0 Å². The second kappa shape index (κ2) is 6.07. The summed E-state index contributed by atoms with van der Waals surface area (Å²) in [5.41, 5.74) is 10.8. The Balaban J connectivity index is 2.20. The van der Waals surface area contributed by atoms with E-state index in [1.54, 1.807) is 0 Å². The second-order valence-corrected chi connectivity index (χ2v) is 6.14. The van der Waals surface area contributed by atoms with Crippen LogP contribution in [0.3, 0.4) is 0 Å². The summed E-state index contributed by atoms with van der Waals surface area (Å²) < 4.78 is 1.96. The van der Waals surface area contributed by atoms with Crippen LogP contribution in [0.4, 0.5) is 0 Å². The zero-order valence-corrected chi connectivity index (χ0v) is 13.8. The molecule has 0 amide bonds. The molecule has 3 rings (SSSR count). The molecule has 0 bridgehead atoms. The van der Waals surface area contributed by atoms with Gasteiger partial charge in [0.1, 0.15) is 5.65 Å². The number of fused-ring (bicyclic) bond motifs is 1. The van der Waals surface area contributed by atoms with Gasteiger partial charge in [0, 0.05) is 18.2 Å². The van der Waals surface area contributed by atoms with E-state index in [0.29, 0.717) is 16.4 Å². The Labute approximate surface area is 139 Å². The lowest BCUT2D eigenvalue weighted by atomic mass is 10.1. The maximum absolute atomic E-state index is 6.11. The minimum absolute atomic E-state index is 0.438. The molecule has 0 fully saturated rings. The highest BCUT2D eigenvalue weighted by Crippen LogP contribution is 2.26. The van der Waals surface area contributed by atoms with Gasteiger partial charge < -0.3 is 10.1 Å². The fraction of sp³-hybridized carbons (Fsp3) is 0.176. The molecule has 0 aliphatic rings. The molecule has 0 aliphatic heterocycles. The van der Waals surface area contributed by atoms with Gasteiger partial charge in [0.15, 0.2) is 0 Å². The highest BCUT2D eigenvalue weighted by molar-refractivity contribution is 7.80. The molecule has 3 nitrogen and oxygen atoms in total. The molecule has 112 valence electrons. The first-order chi connectivity index (χ1) is 10.6. The quantitative estimate of drug-likeness (QED) is 0.734. The van der Waals surface area contributed by atoms with Gasteiger partial charge in [0.2, 0.25) is 0 Å². The van der Waals surface area contributed by atoms with Crippen LogP contribution in [0.1, 0.15) is 18.2 Å². The van der Waals surface area contributed by atoms with Crippen LogP contribution in [0.25, 0.3) is 16.9 Å². The number of thiocarbonyl (C=S) groups is 1. The maximum Gasteiger partial charge on any atom is 0.137 e. The summed E-state index contributed by atoms with van der Waals surface area (Å²) in [5.74, 6) is 0. The van der Waals surface area contributed by atoms with Crippen molar-refractivity contribution in [1.29, 1.82) is 0 Å². The SMILES string of the molecule is CCc1ccc(-c2nc3ccc(Cl)cn3c2CC(N)=S)cc1. The van der Waals surface area contributed by atoms with Crippen molar-refractivity contribution in [1.82, 2.24) is 9.38 Å². The van der Waals surface area contributed by atoms with Gasteiger partial charge in [0.05, 0.1) is 21.4 Å². The second-order valence-electron chi connectivity index (χ2n) is 5.18. The first-order valence-electron chi connectivity index (χ1n) is 7.12. The van der Waals surface area contributed by atoms with E-state index < -0.39 is 0 Å². The van der Waals surface area contributed by atoms with E-state index in [4.69, 9.17) is 34.5 Å². The van der Waals surface area contributed by atoms with Crippen LogP contribution >= 0.6 is 23.8 Å². The summed E-state index contributed by atoms with van der Waals surface area (Å²) >= 11 is 11.2. The Bertz CT molecular complexity index is 837. The van der Waals surface area contributed by atoms with E-state index in [-0.39, 0.29) is 0 Å². The van der Waals surface area contributed by atoms with Crippen molar-refractivity contribution in [3.8, 4) is 11.3 Å². The number of aryl methyl sites for hydroxylation is 1. The molecule has 3 aromatic rings. The predicted octanol–water partition coefficient (Wildman–Crippen LogP) is 4.05. The van der Waals surface area contributed by atoms with Gasteiger partial charge in [0.25, 0.3) is 0 Å². The Kier molecular flexibility index (Phi) is 4.14. The van der Waals surface area contributed by atoms with Crippen molar-refractivity contribution >= 4 is 34.5 Å². The molecule has 0 saturated heterocycles. The highest BCUT2D eigenvalue weighted by Gasteiger charge is 2.15. The Morgan fingerprint density at radius 2 is 1.95 bits per heavy atom. The van der Waals surface area contributed by atoms with Crippen molar-refractivity contribution in [3.05, 3.63) is 58.9 Å². The monoisotopic (exact) mass is 329 g/mol. The summed E-state index contributed by atoms with van der Waals surface area (Å²) in [6.07, 6.45) is 3.35. The smallest absolute Gasteiger partial charge is 0.137 e. The predicted molar refractivity (Wildman–Crippen MR) is 95.5 cm³/mol. The number of benzene rings is 1. The van der Waals surface area contributed by atoms with E-state index in [1.807, 2.05) is 22.7 Å². The van der Waals surface area contributed by atoms with Gasteiger partial charge in [-0.3, -0.25) is 0 Å². The third-order valence-electron chi connectivity index (χ3n) is 3.66. The number of imidazole rings is 1. The van der Waals surface area contributed by atoms with Crippen molar-refractivity contribution in [2.45, 2.75) is 19.8 Å². The van der Waals surface area contributed by atoms with Gasteiger partial charge in [-0.1, -0.05) is 55.0 Å². The number of hydrogen-bond donors (Lipinski definition) is 1. The molecule has 0 saturated carbocycles. The lowest BCUT2D eigenvalue weighted by Gasteiger charge is -2.05. The largest absolute Gasteiger partial charge is 0.393 e. The number of aromatic nitrogens is 2. The van der Waals surface area contributed by atoms with Gasteiger partial charge in [-0.05, 0) is 24.1 Å². The van der Waals surface area contributed by atoms with Crippen LogP contribution in [0.5, 0.6) is 0 Å². The third-order valence-corrected chi connectivity index (χ3v) is 4.03. The number of halogens is 1. The number of pyridine rings is 1. The minimum Gasteiger partial charge on any atom is -0.393 e. The lowest BCUT2D eigenvalue weighted by molar-refractivity contribution is 1.07. The number of rotatable bonds is 4. The highest BCUT2D eigenvalue weighted by atomic mass is 35.5. The Hall–Kier alpha value is -1.91. The van der Waals surface area contributed by atoms with Crippen LogP contribution in [0.2, 0.25) is 5.02 Å². The molecular formula is C17H16ClN3S. The number of hydrogen-bond acceptors (Lipinski definition) is 2. The zero-order valence-electron chi connectivity index (χ0n) is 12.2. The summed E-state index contributed by atoms with van der Waals surface area (Å²) in [6.45, 7) is 2.14. The van der Waals surface area contributed by atoms with Gasteiger partial charge in [-0.15, -0.1) is 0 Å². The first-order valence-corrected chi connectivity index (χ1v) is 7.91. The van der Waals surface area contributed by atoms with E-state index in [1.165, 1.54) is 5.56 Å². The van der Waals surface area contributed by atoms with E-state index >= 15 is 0 Å². The number of nitrogens with zero attached hydrogens (tertiary/aromatic N) is 2. The van der Waals surface area contributed by atoms with Crippen LogP contribution in [-0.4, -0.2) is 14.4 Å². The van der Waals surface area contributed by atoms with Crippen LogP contribution in [0.15, 0.2) is 42.6 Å². The van der Waals surface area contributed by atoms with Crippen molar-refractivity contribution in [3.63, 3.8) is 0 Å². The summed E-state index contributed by atoms with van der Waals surface area (Å²) in [5, 5.41) is 0.655. The molecule has 0 radical (unpaired) electrons. The molecule has 2 N–H and O–H groups in total. The fourth-order valence-corrected chi connectivity index (χ4v) is 2.83. The standard InChI is InChI=1S/C17H16ClN3S/c1-2-11-3-5-12(6-4-11)17-14(9-15(19)22)21-10-13(18)7-8-16(21)20-17/h3-8,10H,2,9H2,1H3,(H2,19,22). The molecule has 0 unspecified atom stereocenters. The summed E-state index contributed by atoms with van der Waals surface area (Å²) in [6, 6.07) is 12.2. The van der Waals surface area contributed by atoms with Crippen LogP contribution in [0, 0.1) is 0 Å². The van der Waals surface area contributed by atoms with Gasteiger partial charge in [-0.2, -0.15) is 0 Å². The molecule has 0 aliphatic carbocycles. The maximum atomic E-state index is 6.11. The first kappa shape index (κ1) is 15.0. The normalized spacial score (nSPS) is 11.0. The average Bonchev–Trinajstić information content (AvgIpc) is 2.85. The van der Waals surface area contributed by atoms with E-state index in [2.05, 4.69) is 31.2 Å². The molecule has 2 aromatic heterocycles. The topological polar surface area (TPSA) is 43.3 Å². The molecular weight excluding hydrogens is 314 g/mol. The minimum atomic E-state index is 0.438. The van der Waals surface area contributed by atoms with Crippen LogP contribution in [-0.2, 0) is 12.8 Å². The lowest BCUT2D eigenvalue weighted by Crippen LogP contribution is -2.13. The summed E-state index contributed by atoms with van der Waals surface area (Å²) in [7, 11) is 0. The van der Waals surface area contributed by atoms with Crippen LogP contribution < -0.4 is 5.73 Å². The van der Waals surface area contributed by atoms with E-state index in [9.17, 15) is 0 Å². The Morgan fingerprint density at radius 1 is 1.23 bits per heavy atom. The molecule has 0 spiro atoms. The Morgan fingerprint density at radius 3 is 2.59 bits per heavy atom. The average molecular weight is 330 g/mol. The van der Waals surface area contributed by atoms with Crippen molar-refractivity contribution in [2.24, 2.45) is 5.73 Å². The summed E-state index contributed by atoms with van der Waals surface area (Å²) in [4.78, 5) is 5.16. The molecule has 22 heavy (non-hydrogen) atoms. The number of nitrogens with two attached hydrogens (primary N) is 1. The molecule has 2 heterocycles. The molecule has 5 heteroatoms. The van der Waals surface area contributed by atoms with Crippen molar-refractivity contribution in [2.75, 3.05) is 0 Å². The van der Waals surface area contributed by atoms with Crippen molar-refractivity contribution < 1.29 is 0 Å². The molecule has 1 aromatic carbocycles.